The molecular formula is C71H136N20O2S2. The van der Waals surface area contributed by atoms with Crippen LogP contribution >= 0.6 is 22.7 Å². The van der Waals surface area contributed by atoms with E-state index in [9.17, 15) is 0 Å². The molecule has 0 aliphatic carbocycles. The third-order valence-electron chi connectivity index (χ3n) is 9.75. The van der Waals surface area contributed by atoms with Gasteiger partial charge in [-0.15, -0.1) is 22.7 Å². The highest BCUT2D eigenvalue weighted by atomic mass is 32.1. The van der Waals surface area contributed by atoms with Crippen LogP contribution in [0.4, 0.5) is 0 Å². The Hall–Kier alpha value is -8.38. The highest BCUT2D eigenvalue weighted by Crippen LogP contribution is 2.09. The quantitative estimate of drug-likeness (QED) is 0.0823. The molecule has 0 aromatic carbocycles. The number of nitrogens with zero attached hydrogens (tertiary/aromatic N) is 14. The number of hydrogen-bond acceptors (Lipinski definition) is 18. The fourth-order valence-corrected chi connectivity index (χ4v) is 7.70. The largest absolute Gasteiger partial charge is 0.446 e. The number of rotatable bonds is 0. The molecule has 0 bridgehead atoms. The molecule has 0 fully saturated rings. The second kappa shape index (κ2) is 61.8. The van der Waals surface area contributed by atoms with Crippen LogP contribution in [-0.2, 0) is 0 Å². The van der Waals surface area contributed by atoms with Crippen LogP contribution in [0.3, 0.4) is 0 Å². The minimum Gasteiger partial charge on any atom is -0.446 e. The summed E-state index contributed by atoms with van der Waals surface area (Å²) >= 11 is 3.46. The van der Waals surface area contributed by atoms with E-state index in [2.05, 4.69) is 140 Å². The highest BCUT2D eigenvalue weighted by Gasteiger charge is 1.97. The van der Waals surface area contributed by atoms with Crippen molar-refractivity contribution in [3.8, 4) is 0 Å². The van der Waals surface area contributed by atoms with Gasteiger partial charge in [0.2, 0.25) is 0 Å². The first kappa shape index (κ1) is 111. The van der Waals surface area contributed by atoms with Crippen LogP contribution in [0.1, 0.15) is 222 Å². The molecule has 0 saturated heterocycles. The molecule has 22 nitrogen and oxygen atoms in total. The molecule has 544 valence electrons. The molecule has 12 heterocycles. The lowest BCUT2D eigenvalue weighted by atomic mass is 10.3. The van der Waals surface area contributed by atoms with E-state index in [0.717, 1.165) is 127 Å². The van der Waals surface area contributed by atoms with Crippen molar-refractivity contribution in [1.29, 1.82) is 0 Å². The Kier molecular flexibility index (Phi) is 72.2. The molecule has 0 unspecified atom stereocenters. The van der Waals surface area contributed by atoms with Gasteiger partial charge in [0.15, 0.2) is 11.8 Å². The van der Waals surface area contributed by atoms with E-state index in [4.69, 9.17) is 8.83 Å². The number of oxazole rings is 2. The average molecular weight is 1370 g/mol. The second-order valence-corrected chi connectivity index (χ2v) is 22.3. The SMILES string of the molecule is C.C.C.C.C.C.C.C.C.C.C.CC1=CC(C)=NC1.CC1=CC(C)=NC1.Cc1cnc(C)[nH]1.Cc1cnc(C)[nH]1.Cc1cnc(C)[nH]1.Cc1cnc(C)[nH]1.Cc1cnc(C)o1.Cc1cnc(C)o1.Cc1cnc(C)s1.Cc1cnc(C)s1.Cc1n[nH]c(C)n1.Cc1n[nH]c(C)n1. The number of aromatic amines is 6. The van der Waals surface area contributed by atoms with Crippen LogP contribution in [0.15, 0.2) is 91.7 Å². The number of aryl methyl sites for hydroxylation is 20. The first-order chi connectivity index (χ1) is 39.5. The van der Waals surface area contributed by atoms with Gasteiger partial charge in [0.05, 0.1) is 35.5 Å². The van der Waals surface area contributed by atoms with Crippen LogP contribution in [0.25, 0.3) is 0 Å². The lowest BCUT2D eigenvalue weighted by molar-refractivity contribution is 0.494. The van der Waals surface area contributed by atoms with Crippen molar-refractivity contribution in [2.75, 3.05) is 13.1 Å². The molecule has 10 aromatic heterocycles. The van der Waals surface area contributed by atoms with E-state index < -0.39 is 0 Å². The van der Waals surface area contributed by atoms with Crippen molar-refractivity contribution in [3.05, 3.63) is 185 Å². The normalized spacial score (nSPS) is 9.77. The summed E-state index contributed by atoms with van der Waals surface area (Å²) in [5.74, 6) is 10.5. The minimum absolute atomic E-state index is 0. The fourth-order valence-electron chi connectivity index (χ4n) is 6.35. The maximum Gasteiger partial charge on any atom is 0.191 e. The molecule has 12 rings (SSSR count). The average Bonchev–Trinajstić information content (AvgIpc) is 4.31. The van der Waals surface area contributed by atoms with Gasteiger partial charge in [0, 0.05) is 95.0 Å². The predicted molar refractivity (Wildman–Crippen MR) is 417 cm³/mol. The molecule has 0 amide bonds. The van der Waals surface area contributed by atoms with Gasteiger partial charge in [-0.05, 0) is 164 Å². The number of allylic oxidation sites excluding steroid dienone is 2. The van der Waals surface area contributed by atoms with Crippen molar-refractivity contribution < 1.29 is 8.83 Å². The summed E-state index contributed by atoms with van der Waals surface area (Å²) in [7, 11) is 0. The lowest BCUT2D eigenvalue weighted by Crippen LogP contribution is -1.73. The summed E-state index contributed by atoms with van der Waals surface area (Å²) in [6.45, 7) is 48.8. The molecule has 95 heavy (non-hydrogen) atoms. The molecule has 24 heteroatoms. The summed E-state index contributed by atoms with van der Waals surface area (Å²) in [5, 5.41) is 15.3. The molecule has 0 spiro atoms. The maximum atomic E-state index is 4.97. The van der Waals surface area contributed by atoms with Crippen LogP contribution in [-0.4, -0.2) is 115 Å². The van der Waals surface area contributed by atoms with Gasteiger partial charge in [-0.1, -0.05) is 92.8 Å². The number of thiazole rings is 2. The molecule has 2 aliphatic heterocycles. The highest BCUT2D eigenvalue weighted by molar-refractivity contribution is 7.11. The van der Waals surface area contributed by atoms with E-state index in [1.54, 1.807) is 35.1 Å². The molecule has 2 aliphatic rings. The molecule has 0 atom stereocenters. The van der Waals surface area contributed by atoms with Crippen molar-refractivity contribution in [2.24, 2.45) is 9.98 Å². The van der Waals surface area contributed by atoms with Gasteiger partial charge < -0.3 is 28.8 Å². The maximum absolute atomic E-state index is 4.97. The van der Waals surface area contributed by atoms with E-state index in [0.29, 0.717) is 0 Å². The topological polar surface area (TPSA) is 300 Å². The number of nitrogens with one attached hydrogen (secondary N) is 6. The summed E-state index contributed by atoms with van der Waals surface area (Å²) < 4.78 is 9.94. The Balaban J connectivity index is -0.0000000891. The van der Waals surface area contributed by atoms with Crippen LogP contribution in [0.2, 0.25) is 0 Å². The van der Waals surface area contributed by atoms with E-state index in [-0.39, 0.29) is 81.7 Å². The van der Waals surface area contributed by atoms with Gasteiger partial charge in [-0.3, -0.25) is 20.2 Å². The third kappa shape index (κ3) is 60.3. The van der Waals surface area contributed by atoms with Gasteiger partial charge in [0.1, 0.15) is 58.1 Å². The van der Waals surface area contributed by atoms with Crippen LogP contribution in [0.5, 0.6) is 0 Å². The van der Waals surface area contributed by atoms with Crippen molar-refractivity contribution >= 4 is 34.1 Å². The Morgan fingerprint density at radius 3 is 0.632 bits per heavy atom. The molecule has 0 radical (unpaired) electrons. The predicted octanol–water partition coefficient (Wildman–Crippen LogP) is 20.9. The summed E-state index contributed by atoms with van der Waals surface area (Å²) in [5.41, 5.74) is 9.56. The van der Waals surface area contributed by atoms with Crippen LogP contribution < -0.4 is 0 Å². The number of H-pyrrole nitrogens is 6. The lowest BCUT2D eigenvalue weighted by Gasteiger charge is -1.77. The second-order valence-electron chi connectivity index (χ2n) is 19.4. The Labute approximate surface area is 586 Å². The number of imidazole rings is 4. The number of aliphatic imine (C=N–C) groups is 2. The van der Waals surface area contributed by atoms with E-state index >= 15 is 0 Å². The Morgan fingerprint density at radius 2 is 0.579 bits per heavy atom. The molecule has 10 aromatic rings. The van der Waals surface area contributed by atoms with Crippen molar-refractivity contribution in [1.82, 2.24) is 90.2 Å². The number of hydrogen-bond donors (Lipinski definition) is 6. The summed E-state index contributed by atoms with van der Waals surface area (Å²) in [6.07, 6.45) is 18.7. The fraction of sp³-hybridized carbons (Fsp3) is 0.521. The van der Waals surface area contributed by atoms with Gasteiger partial charge in [-0.2, -0.15) is 10.2 Å². The standard InChI is InChI=1S/2C6H9N.4C5H8N2.2C5H7NO.2C5H7NS.2C4H7N3.11CH4/c2*1-5-3-6(2)7-4-5;8*1-4-3-6-5(2)7-4;2*1-3-5-4(2)7-6-3;;;;;;;;;;;/h2*3H,4H2,1-2H3;4*3H,1-2H3,(H,6,7);4*3H,1-2H3;2*1-2H3,(H,5,6,7);11*1H4. The number of aromatic nitrogens is 18. The zero-order valence-electron chi connectivity index (χ0n) is 54.1. The zero-order chi connectivity index (χ0) is 63.3. The van der Waals surface area contributed by atoms with Gasteiger partial charge in [0.25, 0.3) is 0 Å². The first-order valence-electron chi connectivity index (χ1n) is 27.0. The molecule has 0 saturated carbocycles. The first-order valence-corrected chi connectivity index (χ1v) is 28.7. The third-order valence-corrected chi connectivity index (χ3v) is 11.4. The van der Waals surface area contributed by atoms with Gasteiger partial charge >= 0.3 is 0 Å². The molecular weight excluding hydrogens is 1230 g/mol. The molecule has 6 N–H and O–H groups in total. The Morgan fingerprint density at radius 1 is 0.316 bits per heavy atom. The smallest absolute Gasteiger partial charge is 0.191 e. The summed E-state index contributed by atoms with van der Waals surface area (Å²) in [4.78, 5) is 62.5. The Bertz CT molecular complexity index is 2620. The zero-order valence-corrected chi connectivity index (χ0v) is 55.7. The van der Waals surface area contributed by atoms with Crippen molar-refractivity contribution in [3.63, 3.8) is 0 Å². The monoisotopic (exact) mass is 1370 g/mol. The summed E-state index contributed by atoms with van der Waals surface area (Å²) in [6, 6.07) is 0. The van der Waals surface area contributed by atoms with Gasteiger partial charge in [-0.25, -0.2) is 49.8 Å². The van der Waals surface area contributed by atoms with E-state index in [1.165, 1.54) is 20.9 Å². The van der Waals surface area contributed by atoms with E-state index in [1.807, 2.05) is 176 Å². The van der Waals surface area contributed by atoms with Crippen molar-refractivity contribution in [2.45, 2.75) is 248 Å². The minimum atomic E-state index is 0. The van der Waals surface area contributed by atoms with Crippen LogP contribution in [0, 0.1) is 138 Å².